The smallest absolute Gasteiger partial charge is 0.315 e. The number of nitro groups is 1. The molecular weight excluding hydrogens is 608 g/mol. The Kier molecular flexibility index (Phi) is 7.79. The maximum atomic E-state index is 13.6. The number of benzene rings is 3. The minimum absolute atomic E-state index is 0.0189. The van der Waals surface area contributed by atoms with Gasteiger partial charge in [-0.15, -0.1) is 0 Å². The zero-order valence-corrected chi connectivity index (χ0v) is 24.3. The summed E-state index contributed by atoms with van der Waals surface area (Å²) in [6.45, 7) is 0.183. The number of methoxy groups -OCH3 is 1. The van der Waals surface area contributed by atoms with Crippen LogP contribution in [0, 0.1) is 10.1 Å². The van der Waals surface area contributed by atoms with Gasteiger partial charge in [-0.2, -0.15) is 9.78 Å². The molecule has 1 aromatic heterocycles. The normalized spacial score (nSPS) is 14.9. The highest BCUT2D eigenvalue weighted by atomic mass is 79.9. The molecule has 0 amide bonds. The molecule has 0 bridgehead atoms. The first-order valence-corrected chi connectivity index (χ1v) is 14.3. The van der Waals surface area contributed by atoms with Crippen LogP contribution in [-0.4, -0.2) is 34.7 Å². The first kappa shape index (κ1) is 27.7. The summed E-state index contributed by atoms with van der Waals surface area (Å²) in [6, 6.07) is 13.6. The molecule has 4 aromatic rings. The molecule has 12 heteroatoms. The predicted octanol–water partition coefficient (Wildman–Crippen LogP) is 6.31. The lowest BCUT2D eigenvalue weighted by atomic mass is 9.88. The molecule has 1 aliphatic carbocycles. The van der Waals surface area contributed by atoms with E-state index < -0.39 is 4.92 Å². The van der Waals surface area contributed by atoms with Gasteiger partial charge in [0.2, 0.25) is 12.5 Å². The highest BCUT2D eigenvalue weighted by molar-refractivity contribution is 9.10. The number of hydrogen-bond acceptors (Lipinski definition) is 9. The molecule has 216 valence electrons. The topological polar surface area (TPSA) is 127 Å². The molecule has 2 aliphatic rings. The number of ether oxygens (including phenoxy) is 4. The largest absolute Gasteiger partial charge is 0.493 e. The van der Waals surface area contributed by atoms with Crippen molar-refractivity contribution in [3.05, 3.63) is 90.4 Å². The Morgan fingerprint density at radius 2 is 1.93 bits per heavy atom. The first-order chi connectivity index (χ1) is 20.4. The molecule has 11 nitrogen and oxygen atoms in total. The average molecular weight is 635 g/mol. The Balaban J connectivity index is 1.36. The number of rotatable bonds is 8. The van der Waals surface area contributed by atoms with Gasteiger partial charge in [0.1, 0.15) is 12.4 Å². The zero-order valence-electron chi connectivity index (χ0n) is 22.7. The molecule has 1 saturated carbocycles. The highest BCUT2D eigenvalue weighted by Crippen LogP contribution is 2.39. The van der Waals surface area contributed by atoms with Crippen LogP contribution in [-0.2, 0) is 6.61 Å². The lowest BCUT2D eigenvalue weighted by Crippen LogP contribution is -2.25. The molecular formula is C30H27BrN4O7. The van der Waals surface area contributed by atoms with E-state index >= 15 is 0 Å². The maximum absolute atomic E-state index is 13.6. The Bertz CT molecular complexity index is 1770. The van der Waals surface area contributed by atoms with E-state index in [0.29, 0.717) is 33.8 Å². The van der Waals surface area contributed by atoms with E-state index in [4.69, 9.17) is 23.9 Å². The van der Waals surface area contributed by atoms with Gasteiger partial charge in [-0.1, -0.05) is 41.3 Å². The van der Waals surface area contributed by atoms with Crippen LogP contribution in [0.3, 0.4) is 0 Å². The van der Waals surface area contributed by atoms with Crippen molar-refractivity contribution in [2.24, 2.45) is 5.10 Å². The quantitative estimate of drug-likeness (QED) is 0.125. The minimum Gasteiger partial charge on any atom is -0.493 e. The second-order valence-electron chi connectivity index (χ2n) is 10.1. The lowest BCUT2D eigenvalue weighted by molar-refractivity contribution is -0.386. The molecule has 0 radical (unpaired) electrons. The third-order valence-corrected chi connectivity index (χ3v) is 7.91. The average Bonchev–Trinajstić information content (AvgIpc) is 3.48. The Morgan fingerprint density at radius 3 is 2.71 bits per heavy atom. The van der Waals surface area contributed by atoms with Crippen molar-refractivity contribution in [3.63, 3.8) is 0 Å². The Morgan fingerprint density at radius 1 is 1.12 bits per heavy atom. The zero-order chi connectivity index (χ0) is 29.2. The van der Waals surface area contributed by atoms with E-state index in [9.17, 15) is 14.9 Å². The van der Waals surface area contributed by atoms with Gasteiger partial charge in [-0.3, -0.25) is 14.9 Å². The fraction of sp³-hybridized carbons (Fsp3) is 0.300. The van der Waals surface area contributed by atoms with Crippen LogP contribution in [0.4, 0.5) is 5.69 Å². The van der Waals surface area contributed by atoms with Gasteiger partial charge in [0.15, 0.2) is 17.2 Å². The van der Waals surface area contributed by atoms with Gasteiger partial charge in [0.25, 0.3) is 5.56 Å². The van der Waals surface area contributed by atoms with Crippen LogP contribution in [0.2, 0.25) is 0 Å². The van der Waals surface area contributed by atoms with Crippen LogP contribution in [0.1, 0.15) is 55.0 Å². The van der Waals surface area contributed by atoms with E-state index in [-0.39, 0.29) is 42.1 Å². The summed E-state index contributed by atoms with van der Waals surface area (Å²) in [5.74, 6) is 2.04. The summed E-state index contributed by atoms with van der Waals surface area (Å²) in [7, 11) is 1.41. The lowest BCUT2D eigenvalue weighted by Gasteiger charge is -2.22. The molecule has 1 aliphatic heterocycles. The molecule has 42 heavy (non-hydrogen) atoms. The van der Waals surface area contributed by atoms with Crippen molar-refractivity contribution in [2.75, 3.05) is 13.9 Å². The fourth-order valence-corrected chi connectivity index (χ4v) is 5.69. The van der Waals surface area contributed by atoms with Crippen LogP contribution < -0.4 is 24.5 Å². The van der Waals surface area contributed by atoms with E-state index in [0.717, 1.165) is 42.1 Å². The molecule has 0 atom stereocenters. The maximum Gasteiger partial charge on any atom is 0.315 e. The van der Waals surface area contributed by atoms with Crippen molar-refractivity contribution in [1.82, 2.24) is 9.66 Å². The second-order valence-corrected chi connectivity index (χ2v) is 11.0. The monoisotopic (exact) mass is 634 g/mol. The number of hydrogen-bond donors (Lipinski definition) is 0. The summed E-state index contributed by atoms with van der Waals surface area (Å²) >= 11 is 3.43. The van der Waals surface area contributed by atoms with Gasteiger partial charge >= 0.3 is 5.69 Å². The summed E-state index contributed by atoms with van der Waals surface area (Å²) in [5, 5.41) is 17.0. The summed E-state index contributed by atoms with van der Waals surface area (Å²) in [4.78, 5) is 30.0. The minimum atomic E-state index is -0.538. The summed E-state index contributed by atoms with van der Waals surface area (Å²) in [6.07, 6.45) is 6.50. The molecule has 1 fully saturated rings. The number of halogens is 1. The summed E-state index contributed by atoms with van der Waals surface area (Å²) in [5.41, 5.74) is 1.12. The third-order valence-electron chi connectivity index (χ3n) is 7.42. The molecule has 6 rings (SSSR count). The molecule has 0 spiro atoms. The number of nitrogens with zero attached hydrogens (tertiary/aromatic N) is 4. The third kappa shape index (κ3) is 5.54. The van der Waals surface area contributed by atoms with Gasteiger partial charge in [0.05, 0.1) is 29.2 Å². The standard InChI is InChI=1S/C30H27BrN4O7/c1-39-27-13-19(11-24(35(37)38)28(27)40-16-18-7-10-25-26(12-18)42-17-41-25)15-32-34-29(20-5-3-2-4-6-20)33-23-9-8-21(31)14-22(23)30(34)36/h7-15,20H,2-6,16-17H2,1H3. The molecule has 2 heterocycles. The fourth-order valence-electron chi connectivity index (χ4n) is 5.33. The molecule has 0 unspecified atom stereocenters. The summed E-state index contributed by atoms with van der Waals surface area (Å²) < 4.78 is 24.2. The van der Waals surface area contributed by atoms with E-state index in [1.165, 1.54) is 24.1 Å². The van der Waals surface area contributed by atoms with Crippen LogP contribution in [0.5, 0.6) is 23.0 Å². The predicted molar refractivity (Wildman–Crippen MR) is 159 cm³/mol. The van der Waals surface area contributed by atoms with Crippen LogP contribution in [0.25, 0.3) is 10.9 Å². The Hall–Kier alpha value is -4.45. The van der Waals surface area contributed by atoms with Gasteiger partial charge < -0.3 is 18.9 Å². The second kappa shape index (κ2) is 11.8. The Labute approximate surface area is 249 Å². The van der Waals surface area contributed by atoms with E-state index in [1.807, 2.05) is 12.1 Å². The number of aromatic nitrogens is 2. The van der Waals surface area contributed by atoms with Crippen LogP contribution in [0.15, 0.2) is 62.9 Å². The molecule has 0 N–H and O–H groups in total. The molecule has 3 aromatic carbocycles. The van der Waals surface area contributed by atoms with Gasteiger partial charge in [0, 0.05) is 22.0 Å². The van der Waals surface area contributed by atoms with Crippen LogP contribution >= 0.6 is 15.9 Å². The van der Waals surface area contributed by atoms with Crippen molar-refractivity contribution in [2.45, 2.75) is 44.6 Å². The van der Waals surface area contributed by atoms with Gasteiger partial charge in [-0.25, -0.2) is 4.98 Å². The number of fused-ring (bicyclic) bond motifs is 2. The van der Waals surface area contributed by atoms with E-state index in [2.05, 4.69) is 21.0 Å². The highest BCUT2D eigenvalue weighted by Gasteiger charge is 2.25. The van der Waals surface area contributed by atoms with Crippen molar-refractivity contribution >= 4 is 38.7 Å². The SMILES string of the molecule is COc1cc(C=Nn2c(C3CCCCC3)nc3ccc(Br)cc3c2=O)cc([N+](=O)[O-])c1OCc1ccc2c(c1)OCO2. The number of nitro benzene ring substituents is 1. The van der Waals surface area contributed by atoms with E-state index in [1.54, 1.807) is 30.3 Å². The molecule has 0 saturated heterocycles. The van der Waals surface area contributed by atoms with Crippen molar-refractivity contribution in [3.8, 4) is 23.0 Å². The van der Waals surface area contributed by atoms with Crippen molar-refractivity contribution < 1.29 is 23.9 Å². The first-order valence-electron chi connectivity index (χ1n) is 13.6. The van der Waals surface area contributed by atoms with Crippen molar-refractivity contribution in [1.29, 1.82) is 0 Å². The van der Waals surface area contributed by atoms with Gasteiger partial charge in [-0.05, 0) is 54.8 Å².